The van der Waals surface area contributed by atoms with Gasteiger partial charge in [0.25, 0.3) is 0 Å². The molecule has 162 valence electrons. The average molecular weight is 425 g/mol. The molecule has 1 saturated heterocycles. The largest absolute Gasteiger partial charge is 0.381 e. The Morgan fingerprint density at radius 3 is 2.94 bits per heavy atom. The zero-order valence-corrected chi connectivity index (χ0v) is 17.3. The third kappa shape index (κ3) is 3.61. The maximum Gasteiger partial charge on any atom is 0.330 e. The number of nitrogens with one attached hydrogen (secondary N) is 2. The molecule has 3 aromatic heterocycles. The van der Waals surface area contributed by atoms with Gasteiger partial charge in [0, 0.05) is 25.8 Å². The standard InChI is InChI=1S/C21H24FN7O2/c1-23-7-2-8-28-20-17(29(21(28)30)14-5-9-31-10-6-14)12-24-18(27-20)19-25-15-4-3-13(22)11-16(15)26-19/h3-4,11-12,14,23H,2,5-10H2,1H3,(H,25,26). The molecule has 4 aromatic rings. The summed E-state index contributed by atoms with van der Waals surface area (Å²) in [5.74, 6) is 0.470. The summed E-state index contributed by atoms with van der Waals surface area (Å²) < 4.78 is 22.6. The highest BCUT2D eigenvalue weighted by Gasteiger charge is 2.24. The Bertz CT molecular complexity index is 1290. The molecule has 9 nitrogen and oxygen atoms in total. The van der Waals surface area contributed by atoms with E-state index >= 15 is 0 Å². The van der Waals surface area contributed by atoms with Crippen molar-refractivity contribution in [1.29, 1.82) is 0 Å². The van der Waals surface area contributed by atoms with E-state index in [0.29, 0.717) is 53.6 Å². The number of hydrogen-bond donors (Lipinski definition) is 2. The number of imidazole rings is 2. The second kappa shape index (κ2) is 8.20. The first-order valence-corrected chi connectivity index (χ1v) is 10.5. The number of fused-ring (bicyclic) bond motifs is 2. The maximum atomic E-state index is 13.5. The average Bonchev–Trinajstić information content (AvgIpc) is 3.32. The number of H-pyrrole nitrogens is 1. The molecule has 0 spiro atoms. The molecule has 0 radical (unpaired) electrons. The normalized spacial score (nSPS) is 15.3. The lowest BCUT2D eigenvalue weighted by Crippen LogP contribution is -2.31. The van der Waals surface area contributed by atoms with Crippen molar-refractivity contribution in [3.63, 3.8) is 0 Å². The van der Waals surface area contributed by atoms with Gasteiger partial charge in [0.2, 0.25) is 0 Å². The first-order valence-electron chi connectivity index (χ1n) is 10.5. The van der Waals surface area contributed by atoms with Gasteiger partial charge < -0.3 is 15.0 Å². The molecule has 0 bridgehead atoms. The van der Waals surface area contributed by atoms with Gasteiger partial charge in [-0.05, 0) is 51.1 Å². The summed E-state index contributed by atoms with van der Waals surface area (Å²) in [6.45, 7) is 2.62. The molecule has 0 amide bonds. The van der Waals surface area contributed by atoms with Gasteiger partial charge in [0.1, 0.15) is 11.3 Å². The van der Waals surface area contributed by atoms with Crippen LogP contribution in [-0.4, -0.2) is 55.9 Å². The minimum atomic E-state index is -0.342. The van der Waals surface area contributed by atoms with Crippen molar-refractivity contribution in [2.75, 3.05) is 26.8 Å². The molecule has 2 N–H and O–H groups in total. The number of nitrogens with zero attached hydrogens (tertiary/aromatic N) is 5. The summed E-state index contributed by atoms with van der Waals surface area (Å²) in [7, 11) is 1.89. The highest BCUT2D eigenvalue weighted by Crippen LogP contribution is 2.25. The molecule has 1 aliphatic rings. The fourth-order valence-corrected chi connectivity index (χ4v) is 4.17. The van der Waals surface area contributed by atoms with Crippen molar-refractivity contribution in [3.8, 4) is 11.6 Å². The van der Waals surface area contributed by atoms with Gasteiger partial charge in [-0.2, -0.15) is 0 Å². The summed E-state index contributed by atoms with van der Waals surface area (Å²) in [5, 5.41) is 3.12. The molecule has 5 rings (SSSR count). The van der Waals surface area contributed by atoms with Crippen LogP contribution in [0.5, 0.6) is 0 Å². The van der Waals surface area contributed by atoms with Crippen LogP contribution < -0.4 is 11.0 Å². The van der Waals surface area contributed by atoms with Gasteiger partial charge in [-0.25, -0.2) is 24.1 Å². The van der Waals surface area contributed by atoms with E-state index in [1.54, 1.807) is 16.8 Å². The minimum Gasteiger partial charge on any atom is -0.381 e. The summed E-state index contributed by atoms with van der Waals surface area (Å²) in [4.78, 5) is 30.1. The van der Waals surface area contributed by atoms with Crippen LogP contribution in [0, 0.1) is 5.82 Å². The second-order valence-electron chi connectivity index (χ2n) is 7.75. The van der Waals surface area contributed by atoms with Crippen LogP contribution in [-0.2, 0) is 11.3 Å². The van der Waals surface area contributed by atoms with E-state index in [2.05, 4.69) is 20.3 Å². The van der Waals surface area contributed by atoms with Gasteiger partial charge >= 0.3 is 5.69 Å². The van der Waals surface area contributed by atoms with E-state index in [0.717, 1.165) is 25.8 Å². The minimum absolute atomic E-state index is 0.0675. The van der Waals surface area contributed by atoms with E-state index in [1.165, 1.54) is 12.1 Å². The van der Waals surface area contributed by atoms with Gasteiger partial charge in [-0.3, -0.25) is 9.13 Å². The van der Waals surface area contributed by atoms with Crippen molar-refractivity contribution in [2.45, 2.75) is 31.8 Å². The third-order valence-electron chi connectivity index (χ3n) is 5.72. The first kappa shape index (κ1) is 19.8. The van der Waals surface area contributed by atoms with Crippen molar-refractivity contribution in [2.24, 2.45) is 0 Å². The number of benzene rings is 1. The molecule has 0 aliphatic carbocycles. The van der Waals surface area contributed by atoms with E-state index in [4.69, 9.17) is 9.72 Å². The van der Waals surface area contributed by atoms with E-state index < -0.39 is 0 Å². The molecule has 1 aliphatic heterocycles. The number of aromatic amines is 1. The van der Waals surface area contributed by atoms with Gasteiger partial charge in [-0.15, -0.1) is 0 Å². The van der Waals surface area contributed by atoms with Crippen LogP contribution in [0.1, 0.15) is 25.3 Å². The molecule has 10 heteroatoms. The second-order valence-corrected chi connectivity index (χ2v) is 7.75. The maximum absolute atomic E-state index is 13.5. The van der Waals surface area contributed by atoms with Crippen LogP contribution in [0.4, 0.5) is 4.39 Å². The van der Waals surface area contributed by atoms with Gasteiger partial charge in [0.15, 0.2) is 17.3 Å². The fourth-order valence-electron chi connectivity index (χ4n) is 4.17. The highest BCUT2D eigenvalue weighted by molar-refractivity contribution is 5.79. The molecule has 1 aromatic carbocycles. The summed E-state index contributed by atoms with van der Waals surface area (Å²) in [6, 6.07) is 4.43. The van der Waals surface area contributed by atoms with E-state index in [9.17, 15) is 9.18 Å². The number of aryl methyl sites for hydroxylation is 1. The number of rotatable bonds is 6. The number of ether oxygens (including phenoxy) is 1. The summed E-state index contributed by atoms with van der Waals surface area (Å²) in [5.41, 5.74) is 2.43. The first-order chi connectivity index (χ1) is 15.2. The summed E-state index contributed by atoms with van der Waals surface area (Å²) >= 11 is 0. The molecule has 31 heavy (non-hydrogen) atoms. The van der Waals surface area contributed by atoms with Crippen LogP contribution in [0.25, 0.3) is 33.8 Å². The molecule has 0 unspecified atom stereocenters. The van der Waals surface area contributed by atoms with Crippen molar-refractivity contribution in [1.82, 2.24) is 34.4 Å². The topological polar surface area (TPSA) is 103 Å². The molecular formula is C21H24FN7O2. The number of aromatic nitrogens is 6. The number of halogens is 1. The van der Waals surface area contributed by atoms with Crippen molar-refractivity contribution in [3.05, 3.63) is 40.7 Å². The Morgan fingerprint density at radius 2 is 2.13 bits per heavy atom. The lowest BCUT2D eigenvalue weighted by atomic mass is 10.1. The predicted octanol–water partition coefficient (Wildman–Crippen LogP) is 2.24. The van der Waals surface area contributed by atoms with E-state index in [-0.39, 0.29) is 17.5 Å². The lowest BCUT2D eigenvalue weighted by Gasteiger charge is -2.23. The molecular weight excluding hydrogens is 401 g/mol. The molecule has 0 saturated carbocycles. The highest BCUT2D eigenvalue weighted by atomic mass is 19.1. The van der Waals surface area contributed by atoms with Crippen LogP contribution in [0.2, 0.25) is 0 Å². The zero-order valence-electron chi connectivity index (χ0n) is 17.3. The van der Waals surface area contributed by atoms with Crippen LogP contribution >= 0.6 is 0 Å². The molecule has 4 heterocycles. The predicted molar refractivity (Wildman–Crippen MR) is 114 cm³/mol. The lowest BCUT2D eigenvalue weighted by molar-refractivity contribution is 0.0696. The van der Waals surface area contributed by atoms with Crippen molar-refractivity contribution >= 4 is 22.2 Å². The smallest absolute Gasteiger partial charge is 0.330 e. The van der Waals surface area contributed by atoms with Crippen LogP contribution in [0.15, 0.2) is 29.2 Å². The molecule has 1 fully saturated rings. The Kier molecular flexibility index (Phi) is 5.24. The Morgan fingerprint density at radius 1 is 1.29 bits per heavy atom. The quantitative estimate of drug-likeness (QED) is 0.460. The SMILES string of the molecule is CNCCCn1c(=O)n(C2CCOCC2)c2cnc(-c3nc4ccc(F)cc4[nH]3)nc21. The Hall–Kier alpha value is -3.11. The number of hydrogen-bond acceptors (Lipinski definition) is 6. The third-order valence-corrected chi connectivity index (χ3v) is 5.72. The van der Waals surface area contributed by atoms with E-state index in [1.807, 2.05) is 11.6 Å². The Balaban J connectivity index is 1.63. The Labute approximate surface area is 177 Å². The van der Waals surface area contributed by atoms with Gasteiger partial charge in [0.05, 0.1) is 17.2 Å². The van der Waals surface area contributed by atoms with Gasteiger partial charge in [-0.1, -0.05) is 0 Å². The van der Waals surface area contributed by atoms with Crippen LogP contribution in [0.3, 0.4) is 0 Å². The van der Waals surface area contributed by atoms with Crippen molar-refractivity contribution < 1.29 is 9.13 Å². The zero-order chi connectivity index (χ0) is 21.4. The molecule has 0 atom stereocenters. The summed E-state index contributed by atoms with van der Waals surface area (Å²) in [6.07, 6.45) is 4.06. The monoisotopic (exact) mass is 425 g/mol. The fraction of sp³-hybridized carbons (Fsp3) is 0.429.